The number of hydrogen-bond donors (Lipinski definition) is 1. The second-order valence-electron chi connectivity index (χ2n) is 8.06. The molecule has 4 rings (SSSR count). The molecule has 0 amide bonds. The third kappa shape index (κ3) is 5.11. The summed E-state index contributed by atoms with van der Waals surface area (Å²) in [7, 11) is -4.36. The van der Waals surface area contributed by atoms with Crippen LogP contribution in [0, 0.1) is 0 Å². The van der Waals surface area contributed by atoms with E-state index in [-0.39, 0.29) is 16.9 Å². The first-order chi connectivity index (χ1) is 15.3. The van der Waals surface area contributed by atoms with Gasteiger partial charge in [0.15, 0.2) is 0 Å². The van der Waals surface area contributed by atoms with Crippen LogP contribution in [0.25, 0.3) is 11.1 Å². The van der Waals surface area contributed by atoms with Gasteiger partial charge in [-0.05, 0) is 46.5 Å². The SMILES string of the molecule is CC(C)(c1ccccc1)c1ccc(OP(=O)(O)Oc2cccc(-c3ccccc3)c2)cc1. The molecule has 5 heteroatoms. The zero-order valence-corrected chi connectivity index (χ0v) is 18.9. The lowest BCUT2D eigenvalue weighted by molar-refractivity contribution is 0.291. The van der Waals surface area contributed by atoms with Crippen LogP contribution in [0.1, 0.15) is 25.0 Å². The average Bonchev–Trinajstić information content (AvgIpc) is 2.80. The molecule has 0 aliphatic carbocycles. The van der Waals surface area contributed by atoms with Crippen LogP contribution in [0.3, 0.4) is 0 Å². The van der Waals surface area contributed by atoms with Crippen LogP contribution in [-0.4, -0.2) is 4.89 Å². The molecule has 32 heavy (non-hydrogen) atoms. The molecule has 0 fully saturated rings. The van der Waals surface area contributed by atoms with Gasteiger partial charge < -0.3 is 9.05 Å². The highest BCUT2D eigenvalue weighted by Crippen LogP contribution is 2.45. The molecule has 0 heterocycles. The molecule has 1 atom stereocenters. The first kappa shape index (κ1) is 21.9. The van der Waals surface area contributed by atoms with Crippen molar-refractivity contribution in [2.75, 3.05) is 0 Å². The van der Waals surface area contributed by atoms with Crippen molar-refractivity contribution >= 4 is 7.82 Å². The molecule has 4 nitrogen and oxygen atoms in total. The quantitative estimate of drug-likeness (QED) is 0.305. The summed E-state index contributed by atoms with van der Waals surface area (Å²) in [6, 6.07) is 34.1. The average molecular weight is 444 g/mol. The normalized spacial score (nSPS) is 13.2. The third-order valence-corrected chi connectivity index (χ3v) is 6.34. The van der Waals surface area contributed by atoms with Crippen LogP contribution >= 0.6 is 7.82 Å². The molecule has 1 unspecified atom stereocenters. The lowest BCUT2D eigenvalue weighted by atomic mass is 9.78. The molecule has 0 aliphatic heterocycles. The Morgan fingerprint density at radius 3 is 1.81 bits per heavy atom. The molecule has 4 aromatic carbocycles. The Morgan fingerprint density at radius 2 is 1.16 bits per heavy atom. The second-order valence-corrected chi connectivity index (χ2v) is 9.36. The molecule has 0 aliphatic rings. The van der Waals surface area contributed by atoms with Crippen molar-refractivity contribution < 1.29 is 18.5 Å². The predicted molar refractivity (Wildman–Crippen MR) is 128 cm³/mol. The van der Waals surface area contributed by atoms with Gasteiger partial charge in [-0.15, -0.1) is 0 Å². The van der Waals surface area contributed by atoms with E-state index in [0.29, 0.717) is 0 Å². The van der Waals surface area contributed by atoms with E-state index in [0.717, 1.165) is 16.7 Å². The molecule has 4 aromatic rings. The van der Waals surface area contributed by atoms with Gasteiger partial charge in [0.25, 0.3) is 0 Å². The Labute approximate surface area is 188 Å². The second kappa shape index (κ2) is 9.04. The van der Waals surface area contributed by atoms with Crippen molar-refractivity contribution in [1.29, 1.82) is 0 Å². The van der Waals surface area contributed by atoms with Gasteiger partial charge in [0, 0.05) is 5.41 Å². The van der Waals surface area contributed by atoms with Crippen LogP contribution in [0.2, 0.25) is 0 Å². The largest absolute Gasteiger partial charge is 0.584 e. The molecule has 162 valence electrons. The van der Waals surface area contributed by atoms with Crippen molar-refractivity contribution in [3.05, 3.63) is 120 Å². The van der Waals surface area contributed by atoms with Crippen LogP contribution in [0.5, 0.6) is 11.5 Å². The number of benzene rings is 4. The van der Waals surface area contributed by atoms with Crippen molar-refractivity contribution in [2.24, 2.45) is 0 Å². The molecule has 0 radical (unpaired) electrons. The Balaban J connectivity index is 1.48. The van der Waals surface area contributed by atoms with Gasteiger partial charge in [0.05, 0.1) is 0 Å². The summed E-state index contributed by atoms with van der Waals surface area (Å²) in [6.07, 6.45) is 0. The van der Waals surface area contributed by atoms with E-state index in [1.165, 1.54) is 5.56 Å². The van der Waals surface area contributed by atoms with Gasteiger partial charge in [-0.3, -0.25) is 4.89 Å². The summed E-state index contributed by atoms with van der Waals surface area (Å²) in [6.45, 7) is 4.27. The van der Waals surface area contributed by atoms with E-state index in [4.69, 9.17) is 9.05 Å². The monoisotopic (exact) mass is 444 g/mol. The van der Waals surface area contributed by atoms with E-state index < -0.39 is 7.82 Å². The summed E-state index contributed by atoms with van der Waals surface area (Å²) < 4.78 is 23.3. The molecule has 1 N–H and O–H groups in total. The fraction of sp³-hybridized carbons (Fsp3) is 0.111. The van der Waals surface area contributed by atoms with Gasteiger partial charge in [0.2, 0.25) is 0 Å². The van der Waals surface area contributed by atoms with Gasteiger partial charge >= 0.3 is 7.82 Å². The van der Waals surface area contributed by atoms with Gasteiger partial charge in [-0.25, -0.2) is 4.57 Å². The lowest BCUT2D eigenvalue weighted by Gasteiger charge is -2.26. The smallest absolute Gasteiger partial charge is 0.395 e. The Bertz CT molecular complexity index is 1220. The summed E-state index contributed by atoms with van der Waals surface area (Å²) >= 11 is 0. The zero-order valence-electron chi connectivity index (χ0n) is 18.0. The van der Waals surface area contributed by atoms with Crippen LogP contribution in [-0.2, 0) is 9.98 Å². The minimum Gasteiger partial charge on any atom is -0.395 e. The van der Waals surface area contributed by atoms with E-state index >= 15 is 0 Å². The maximum absolute atomic E-state index is 12.6. The summed E-state index contributed by atoms with van der Waals surface area (Å²) in [5.74, 6) is 0.529. The summed E-state index contributed by atoms with van der Waals surface area (Å²) in [5, 5.41) is 0. The predicted octanol–water partition coefficient (Wildman–Crippen LogP) is 7.24. The number of phosphoric ester groups is 1. The summed E-state index contributed by atoms with van der Waals surface area (Å²) in [5.41, 5.74) is 3.92. The van der Waals surface area contributed by atoms with Crippen LogP contribution in [0.4, 0.5) is 0 Å². The van der Waals surface area contributed by atoms with Gasteiger partial charge in [0.1, 0.15) is 11.5 Å². The van der Waals surface area contributed by atoms with Crippen molar-refractivity contribution in [3.63, 3.8) is 0 Å². The fourth-order valence-electron chi connectivity index (χ4n) is 3.60. The highest BCUT2D eigenvalue weighted by molar-refractivity contribution is 7.48. The Morgan fingerprint density at radius 1 is 0.625 bits per heavy atom. The number of phosphoric acid groups is 1. The van der Waals surface area contributed by atoms with Crippen LogP contribution in [0.15, 0.2) is 109 Å². The fourth-order valence-corrected chi connectivity index (χ4v) is 4.41. The maximum Gasteiger partial charge on any atom is 0.584 e. The standard InChI is InChI=1S/C27H25O4P/c1-27(2,23-13-7-4-8-14-23)24-16-18-25(19-17-24)30-32(28,29)31-26-15-9-12-22(20-26)21-10-5-3-6-11-21/h3-20H,1-2H3,(H,28,29). The first-order valence-electron chi connectivity index (χ1n) is 10.4. The van der Waals surface area contributed by atoms with Gasteiger partial charge in [-0.2, -0.15) is 0 Å². The van der Waals surface area contributed by atoms with Crippen LogP contribution < -0.4 is 9.05 Å². The minimum atomic E-state index is -4.36. The first-order valence-corrected chi connectivity index (χ1v) is 11.9. The molecule has 0 bridgehead atoms. The highest BCUT2D eigenvalue weighted by atomic mass is 31.2. The lowest BCUT2D eigenvalue weighted by Crippen LogP contribution is -2.18. The topological polar surface area (TPSA) is 55.8 Å². The molecule has 0 saturated heterocycles. The number of hydrogen-bond acceptors (Lipinski definition) is 3. The molecular weight excluding hydrogens is 419 g/mol. The molecule has 0 aromatic heterocycles. The van der Waals surface area contributed by atoms with E-state index in [2.05, 4.69) is 26.0 Å². The zero-order chi connectivity index (χ0) is 22.6. The van der Waals surface area contributed by atoms with Crippen molar-refractivity contribution in [3.8, 4) is 22.6 Å². The van der Waals surface area contributed by atoms with E-state index in [1.54, 1.807) is 30.3 Å². The van der Waals surface area contributed by atoms with Crippen molar-refractivity contribution in [1.82, 2.24) is 0 Å². The highest BCUT2D eigenvalue weighted by Gasteiger charge is 2.27. The Hall–Kier alpha value is -3.33. The maximum atomic E-state index is 12.6. The Kier molecular flexibility index (Phi) is 6.18. The number of rotatable bonds is 7. The summed E-state index contributed by atoms with van der Waals surface area (Å²) in [4.78, 5) is 10.3. The van der Waals surface area contributed by atoms with E-state index in [9.17, 15) is 9.46 Å². The third-order valence-electron chi connectivity index (χ3n) is 5.45. The minimum absolute atomic E-state index is 0.211. The molecule has 0 spiro atoms. The van der Waals surface area contributed by atoms with Gasteiger partial charge in [-0.1, -0.05) is 98.8 Å². The molecule has 0 saturated carbocycles. The van der Waals surface area contributed by atoms with Crippen molar-refractivity contribution in [2.45, 2.75) is 19.3 Å². The van der Waals surface area contributed by atoms with E-state index in [1.807, 2.05) is 66.7 Å². The molecular formula is C27H25O4P.